The molecular formula is C12H16N2O4. The zero-order valence-electron chi connectivity index (χ0n) is 10.3. The van der Waals surface area contributed by atoms with Crippen molar-refractivity contribution in [3.8, 4) is 5.75 Å². The number of rotatable bonds is 5. The van der Waals surface area contributed by atoms with Crippen LogP contribution in [0.2, 0.25) is 0 Å². The first-order valence-corrected chi connectivity index (χ1v) is 5.50. The van der Waals surface area contributed by atoms with Gasteiger partial charge < -0.3 is 20.5 Å². The summed E-state index contributed by atoms with van der Waals surface area (Å²) in [6.45, 7) is 1.56. The van der Waals surface area contributed by atoms with E-state index in [1.807, 2.05) is 6.92 Å². The SMILES string of the molecule is CCc1cc(NC(=O)NCC(=O)O)ccc1OC. The van der Waals surface area contributed by atoms with Crippen LogP contribution in [-0.4, -0.2) is 30.8 Å². The fraction of sp³-hybridized carbons (Fsp3) is 0.333. The van der Waals surface area contributed by atoms with Gasteiger partial charge in [0.05, 0.1) is 7.11 Å². The molecule has 18 heavy (non-hydrogen) atoms. The van der Waals surface area contributed by atoms with Crippen LogP contribution in [0.5, 0.6) is 5.75 Å². The third-order valence-corrected chi connectivity index (χ3v) is 2.32. The number of urea groups is 1. The van der Waals surface area contributed by atoms with Gasteiger partial charge in [0.2, 0.25) is 0 Å². The van der Waals surface area contributed by atoms with E-state index in [9.17, 15) is 9.59 Å². The van der Waals surface area contributed by atoms with E-state index in [2.05, 4.69) is 10.6 Å². The third-order valence-electron chi connectivity index (χ3n) is 2.32. The van der Waals surface area contributed by atoms with Crippen LogP contribution < -0.4 is 15.4 Å². The van der Waals surface area contributed by atoms with Crippen LogP contribution in [0.25, 0.3) is 0 Å². The number of carboxylic acid groups (broad SMARTS) is 1. The number of carbonyl (C=O) groups is 2. The largest absolute Gasteiger partial charge is 0.496 e. The number of carbonyl (C=O) groups excluding carboxylic acids is 1. The van der Waals surface area contributed by atoms with Gasteiger partial charge in [0, 0.05) is 5.69 Å². The molecular weight excluding hydrogens is 236 g/mol. The molecule has 1 rings (SSSR count). The van der Waals surface area contributed by atoms with Gasteiger partial charge in [0.15, 0.2) is 0 Å². The molecule has 0 radical (unpaired) electrons. The Morgan fingerprint density at radius 2 is 2.11 bits per heavy atom. The van der Waals surface area contributed by atoms with E-state index in [-0.39, 0.29) is 0 Å². The van der Waals surface area contributed by atoms with Crippen molar-refractivity contribution in [3.63, 3.8) is 0 Å². The summed E-state index contributed by atoms with van der Waals surface area (Å²) in [5.74, 6) is -0.330. The normalized spacial score (nSPS) is 9.67. The number of nitrogens with one attached hydrogen (secondary N) is 2. The topological polar surface area (TPSA) is 87.7 Å². The molecule has 0 unspecified atom stereocenters. The van der Waals surface area contributed by atoms with E-state index in [0.29, 0.717) is 5.69 Å². The molecule has 0 aliphatic carbocycles. The first-order valence-electron chi connectivity index (χ1n) is 5.50. The number of aliphatic carboxylic acids is 1. The van der Waals surface area contributed by atoms with Crippen molar-refractivity contribution in [2.75, 3.05) is 19.0 Å². The molecule has 0 saturated carbocycles. The second-order valence-corrected chi connectivity index (χ2v) is 3.58. The number of hydrogen-bond donors (Lipinski definition) is 3. The highest BCUT2D eigenvalue weighted by Gasteiger charge is 2.06. The van der Waals surface area contributed by atoms with Gasteiger partial charge in [-0.1, -0.05) is 6.92 Å². The molecule has 0 bridgehead atoms. The van der Waals surface area contributed by atoms with Crippen molar-refractivity contribution in [2.45, 2.75) is 13.3 Å². The molecule has 0 fully saturated rings. The predicted molar refractivity (Wildman–Crippen MR) is 67.0 cm³/mol. The van der Waals surface area contributed by atoms with Crippen molar-refractivity contribution in [1.29, 1.82) is 0 Å². The second-order valence-electron chi connectivity index (χ2n) is 3.58. The van der Waals surface area contributed by atoms with Gasteiger partial charge in [-0.15, -0.1) is 0 Å². The summed E-state index contributed by atoms with van der Waals surface area (Å²) in [7, 11) is 1.58. The van der Waals surface area contributed by atoms with Gasteiger partial charge in [-0.25, -0.2) is 4.79 Å². The monoisotopic (exact) mass is 252 g/mol. The zero-order valence-corrected chi connectivity index (χ0v) is 10.3. The molecule has 0 atom stereocenters. The minimum absolute atomic E-state index is 0.414. The minimum atomic E-state index is -1.09. The van der Waals surface area contributed by atoms with E-state index in [0.717, 1.165) is 17.7 Å². The van der Waals surface area contributed by atoms with Crippen molar-refractivity contribution >= 4 is 17.7 Å². The van der Waals surface area contributed by atoms with Crippen LogP contribution in [0.15, 0.2) is 18.2 Å². The molecule has 0 heterocycles. The highest BCUT2D eigenvalue weighted by atomic mass is 16.5. The summed E-state index contributed by atoms with van der Waals surface area (Å²) in [5, 5.41) is 13.2. The van der Waals surface area contributed by atoms with Gasteiger partial charge >= 0.3 is 12.0 Å². The Morgan fingerprint density at radius 1 is 1.39 bits per heavy atom. The minimum Gasteiger partial charge on any atom is -0.496 e. The lowest BCUT2D eigenvalue weighted by Gasteiger charge is -2.10. The van der Waals surface area contributed by atoms with E-state index in [1.54, 1.807) is 25.3 Å². The maximum Gasteiger partial charge on any atom is 0.323 e. The van der Waals surface area contributed by atoms with Gasteiger partial charge in [0.1, 0.15) is 12.3 Å². The first-order chi connectivity index (χ1) is 8.56. The van der Waals surface area contributed by atoms with Crippen molar-refractivity contribution < 1.29 is 19.4 Å². The summed E-state index contributed by atoms with van der Waals surface area (Å²) in [6.07, 6.45) is 0.773. The molecule has 98 valence electrons. The summed E-state index contributed by atoms with van der Waals surface area (Å²) in [4.78, 5) is 21.6. The number of methoxy groups -OCH3 is 1. The summed E-state index contributed by atoms with van der Waals surface area (Å²) in [5.41, 5.74) is 1.56. The summed E-state index contributed by atoms with van der Waals surface area (Å²) in [6, 6.07) is 4.69. The quantitative estimate of drug-likeness (QED) is 0.740. The van der Waals surface area contributed by atoms with E-state index < -0.39 is 18.5 Å². The van der Waals surface area contributed by atoms with E-state index in [1.165, 1.54) is 0 Å². The van der Waals surface area contributed by atoms with Crippen molar-refractivity contribution in [1.82, 2.24) is 5.32 Å². The lowest BCUT2D eigenvalue weighted by atomic mass is 10.1. The molecule has 0 spiro atoms. The second kappa shape index (κ2) is 6.48. The number of ether oxygens (including phenoxy) is 1. The molecule has 1 aromatic rings. The van der Waals surface area contributed by atoms with Gasteiger partial charge in [-0.2, -0.15) is 0 Å². The Balaban J connectivity index is 2.67. The van der Waals surface area contributed by atoms with E-state index in [4.69, 9.17) is 9.84 Å². The average molecular weight is 252 g/mol. The Bertz CT molecular complexity index is 446. The number of anilines is 1. The van der Waals surface area contributed by atoms with Crippen LogP contribution in [0.1, 0.15) is 12.5 Å². The fourth-order valence-corrected chi connectivity index (χ4v) is 1.46. The predicted octanol–water partition coefficient (Wildman–Crippen LogP) is 1.46. The Morgan fingerprint density at radius 3 is 2.67 bits per heavy atom. The van der Waals surface area contributed by atoms with Crippen molar-refractivity contribution in [2.24, 2.45) is 0 Å². The maximum absolute atomic E-state index is 11.4. The van der Waals surface area contributed by atoms with E-state index >= 15 is 0 Å². The van der Waals surface area contributed by atoms with Crippen LogP contribution in [0, 0.1) is 0 Å². The van der Waals surface area contributed by atoms with Gasteiger partial charge in [-0.05, 0) is 30.2 Å². The first kappa shape index (κ1) is 13.8. The van der Waals surface area contributed by atoms with Gasteiger partial charge in [-0.3, -0.25) is 4.79 Å². The Hall–Kier alpha value is -2.24. The summed E-state index contributed by atoms with van der Waals surface area (Å²) >= 11 is 0. The molecule has 6 heteroatoms. The molecule has 6 nitrogen and oxygen atoms in total. The standard InChI is InChI=1S/C12H16N2O4/c1-3-8-6-9(4-5-10(8)18-2)14-12(17)13-7-11(15)16/h4-6H,3,7H2,1-2H3,(H,15,16)(H2,13,14,17). The fourth-order valence-electron chi connectivity index (χ4n) is 1.46. The van der Waals surface area contributed by atoms with Crippen molar-refractivity contribution in [3.05, 3.63) is 23.8 Å². The number of aryl methyl sites for hydroxylation is 1. The number of hydrogen-bond acceptors (Lipinski definition) is 3. The Labute approximate surface area is 105 Å². The van der Waals surface area contributed by atoms with Crippen LogP contribution >= 0.6 is 0 Å². The van der Waals surface area contributed by atoms with Crippen LogP contribution in [0.3, 0.4) is 0 Å². The highest BCUT2D eigenvalue weighted by Crippen LogP contribution is 2.22. The smallest absolute Gasteiger partial charge is 0.323 e. The third kappa shape index (κ3) is 3.97. The lowest BCUT2D eigenvalue weighted by molar-refractivity contribution is -0.135. The molecule has 0 aromatic heterocycles. The number of carboxylic acids is 1. The lowest BCUT2D eigenvalue weighted by Crippen LogP contribution is -2.33. The molecule has 1 aromatic carbocycles. The summed E-state index contributed by atoms with van der Waals surface area (Å²) < 4.78 is 5.17. The molecule has 0 aliphatic rings. The number of benzene rings is 1. The number of amides is 2. The average Bonchev–Trinajstić information content (AvgIpc) is 2.36. The molecule has 0 aliphatic heterocycles. The van der Waals surface area contributed by atoms with Crippen LogP contribution in [0.4, 0.5) is 10.5 Å². The highest BCUT2D eigenvalue weighted by molar-refractivity contribution is 5.91. The molecule has 2 amide bonds. The van der Waals surface area contributed by atoms with Gasteiger partial charge in [0.25, 0.3) is 0 Å². The molecule has 3 N–H and O–H groups in total. The van der Waals surface area contributed by atoms with Crippen LogP contribution in [-0.2, 0) is 11.2 Å². The molecule has 0 saturated heterocycles. The Kier molecular flexibility index (Phi) is 4.98. The zero-order chi connectivity index (χ0) is 13.5. The maximum atomic E-state index is 11.4.